The molecule has 1 aromatic rings. The number of aryl methyl sites for hydroxylation is 1. The van der Waals surface area contributed by atoms with Gasteiger partial charge in [-0.2, -0.15) is 5.10 Å². The van der Waals surface area contributed by atoms with Crippen molar-refractivity contribution in [3.05, 3.63) is 18.0 Å². The molecule has 114 valence electrons. The van der Waals surface area contributed by atoms with Gasteiger partial charge >= 0.3 is 0 Å². The van der Waals surface area contributed by atoms with Gasteiger partial charge in [-0.3, -0.25) is 4.68 Å². The van der Waals surface area contributed by atoms with Crippen LogP contribution in [0.4, 0.5) is 0 Å². The smallest absolute Gasteiger partial charge is 0.0796 e. The number of rotatable bonds is 4. The average molecular weight is 277 g/mol. The van der Waals surface area contributed by atoms with Crippen molar-refractivity contribution in [3.63, 3.8) is 0 Å². The predicted molar refractivity (Wildman–Crippen MR) is 84.5 cm³/mol. The maximum absolute atomic E-state index is 4.63. The fraction of sp³-hybridized carbons (Fsp3) is 0.824. The summed E-state index contributed by atoms with van der Waals surface area (Å²) in [4.78, 5) is 0. The van der Waals surface area contributed by atoms with E-state index in [1.54, 1.807) is 0 Å². The zero-order valence-corrected chi connectivity index (χ0v) is 13.8. The van der Waals surface area contributed by atoms with Gasteiger partial charge in [-0.25, -0.2) is 0 Å². The molecule has 3 heteroatoms. The molecule has 1 unspecified atom stereocenters. The van der Waals surface area contributed by atoms with E-state index in [0.29, 0.717) is 11.5 Å². The summed E-state index contributed by atoms with van der Waals surface area (Å²) < 4.78 is 1.92. The molecule has 0 aromatic carbocycles. The minimum Gasteiger partial charge on any atom is -0.309 e. The molecule has 1 aliphatic carbocycles. The van der Waals surface area contributed by atoms with E-state index in [0.717, 1.165) is 18.4 Å². The van der Waals surface area contributed by atoms with Crippen molar-refractivity contribution in [2.75, 3.05) is 6.54 Å². The van der Waals surface area contributed by atoms with Crippen molar-refractivity contribution >= 4 is 0 Å². The van der Waals surface area contributed by atoms with Crippen LogP contribution in [-0.4, -0.2) is 16.3 Å². The number of hydrogen-bond acceptors (Lipinski definition) is 2. The molecule has 1 saturated carbocycles. The van der Waals surface area contributed by atoms with E-state index in [4.69, 9.17) is 0 Å². The third-order valence-electron chi connectivity index (χ3n) is 4.94. The van der Waals surface area contributed by atoms with E-state index in [1.165, 1.54) is 31.4 Å². The van der Waals surface area contributed by atoms with Gasteiger partial charge in [0.15, 0.2) is 0 Å². The Hall–Kier alpha value is -0.830. The molecule has 1 aromatic heterocycles. The van der Waals surface area contributed by atoms with Gasteiger partial charge in [0.05, 0.1) is 11.7 Å². The highest BCUT2D eigenvalue weighted by Crippen LogP contribution is 2.43. The molecule has 1 atom stereocenters. The van der Waals surface area contributed by atoms with Gasteiger partial charge in [0.25, 0.3) is 0 Å². The summed E-state index contributed by atoms with van der Waals surface area (Å²) in [7, 11) is 2.00. The Labute approximate surface area is 124 Å². The lowest BCUT2D eigenvalue weighted by atomic mass is 9.68. The fourth-order valence-corrected chi connectivity index (χ4v) is 3.65. The van der Waals surface area contributed by atoms with E-state index in [9.17, 15) is 0 Å². The molecule has 1 heterocycles. The van der Waals surface area contributed by atoms with E-state index < -0.39 is 0 Å². The van der Waals surface area contributed by atoms with Crippen LogP contribution in [0.3, 0.4) is 0 Å². The summed E-state index contributed by atoms with van der Waals surface area (Å²) in [5, 5.41) is 8.29. The lowest BCUT2D eigenvalue weighted by Gasteiger charge is -2.39. The second-order valence-electron chi connectivity index (χ2n) is 7.43. The Morgan fingerprint density at radius 3 is 2.40 bits per heavy atom. The van der Waals surface area contributed by atoms with Crippen molar-refractivity contribution in [1.82, 2.24) is 15.1 Å². The molecule has 0 aliphatic heterocycles. The summed E-state index contributed by atoms with van der Waals surface area (Å²) >= 11 is 0. The van der Waals surface area contributed by atoms with Gasteiger partial charge < -0.3 is 5.32 Å². The van der Waals surface area contributed by atoms with Crippen LogP contribution in [0, 0.1) is 17.3 Å². The summed E-state index contributed by atoms with van der Waals surface area (Å²) in [6.07, 6.45) is 7.44. The Morgan fingerprint density at radius 1 is 1.30 bits per heavy atom. The average Bonchev–Trinajstić information content (AvgIpc) is 2.81. The molecule has 1 fully saturated rings. The third kappa shape index (κ3) is 3.63. The molecule has 0 radical (unpaired) electrons. The first-order valence-electron chi connectivity index (χ1n) is 8.14. The van der Waals surface area contributed by atoms with Crippen molar-refractivity contribution in [2.45, 2.75) is 59.4 Å². The molecule has 0 spiro atoms. The van der Waals surface area contributed by atoms with Gasteiger partial charge in [0.1, 0.15) is 0 Å². The molecule has 3 nitrogen and oxygen atoms in total. The lowest BCUT2D eigenvalue weighted by Crippen LogP contribution is -2.33. The molecule has 0 saturated heterocycles. The van der Waals surface area contributed by atoms with E-state index in [1.807, 2.05) is 11.7 Å². The highest BCUT2D eigenvalue weighted by Gasteiger charge is 2.33. The van der Waals surface area contributed by atoms with Crippen LogP contribution in [-0.2, 0) is 7.05 Å². The summed E-state index contributed by atoms with van der Waals surface area (Å²) in [5.41, 5.74) is 1.68. The van der Waals surface area contributed by atoms with Crippen LogP contribution in [0.5, 0.6) is 0 Å². The van der Waals surface area contributed by atoms with Crippen LogP contribution in [0.1, 0.15) is 65.1 Å². The van der Waals surface area contributed by atoms with E-state index in [2.05, 4.69) is 50.4 Å². The normalized spacial score (nSPS) is 25.6. The molecule has 20 heavy (non-hydrogen) atoms. The maximum Gasteiger partial charge on any atom is 0.0796 e. The first kappa shape index (κ1) is 15.6. The van der Waals surface area contributed by atoms with Gasteiger partial charge in [0, 0.05) is 13.2 Å². The Morgan fingerprint density at radius 2 is 1.95 bits per heavy atom. The van der Waals surface area contributed by atoms with Gasteiger partial charge in [-0.1, -0.05) is 27.7 Å². The molecular formula is C17H31N3. The maximum atomic E-state index is 4.63. The zero-order chi connectivity index (χ0) is 14.8. The van der Waals surface area contributed by atoms with Crippen LogP contribution >= 0.6 is 0 Å². The Bertz CT molecular complexity index is 408. The lowest BCUT2D eigenvalue weighted by molar-refractivity contribution is 0.132. The van der Waals surface area contributed by atoms with Crippen molar-refractivity contribution in [1.29, 1.82) is 0 Å². The van der Waals surface area contributed by atoms with Crippen molar-refractivity contribution in [2.24, 2.45) is 24.3 Å². The Balaban J connectivity index is 2.02. The topological polar surface area (TPSA) is 29.9 Å². The zero-order valence-electron chi connectivity index (χ0n) is 13.8. The van der Waals surface area contributed by atoms with Gasteiger partial charge in [-0.15, -0.1) is 0 Å². The minimum atomic E-state index is 0.433. The SMILES string of the molecule is CCNC(c1ccn(C)n1)C1CCC(C(C)(C)C)CC1. The highest BCUT2D eigenvalue weighted by atomic mass is 15.3. The monoisotopic (exact) mass is 277 g/mol. The van der Waals surface area contributed by atoms with Crippen LogP contribution in [0.15, 0.2) is 12.3 Å². The second kappa shape index (κ2) is 6.30. The quantitative estimate of drug-likeness (QED) is 0.904. The molecule has 1 aliphatic rings. The van der Waals surface area contributed by atoms with Crippen LogP contribution < -0.4 is 5.32 Å². The molecule has 1 N–H and O–H groups in total. The summed E-state index contributed by atoms with van der Waals surface area (Å²) in [5.74, 6) is 1.62. The number of aromatic nitrogens is 2. The van der Waals surface area contributed by atoms with Crippen LogP contribution in [0.2, 0.25) is 0 Å². The summed E-state index contributed by atoms with van der Waals surface area (Å²) in [6.45, 7) is 10.4. The number of nitrogens with one attached hydrogen (secondary N) is 1. The first-order chi connectivity index (χ1) is 9.41. The van der Waals surface area contributed by atoms with Gasteiger partial charge in [-0.05, 0) is 55.5 Å². The standard InChI is InChI=1S/C17H31N3/c1-6-18-16(15-11-12-20(5)19-15)13-7-9-14(10-8-13)17(2,3)4/h11-14,16,18H,6-10H2,1-5H3. The van der Waals surface area contributed by atoms with E-state index in [-0.39, 0.29) is 0 Å². The van der Waals surface area contributed by atoms with Crippen molar-refractivity contribution < 1.29 is 0 Å². The Kier molecular flexibility index (Phi) is 4.90. The second-order valence-corrected chi connectivity index (χ2v) is 7.43. The largest absolute Gasteiger partial charge is 0.309 e. The predicted octanol–water partition coefficient (Wildman–Crippen LogP) is 3.92. The fourth-order valence-electron chi connectivity index (χ4n) is 3.65. The minimum absolute atomic E-state index is 0.433. The third-order valence-corrected chi connectivity index (χ3v) is 4.94. The molecule has 0 amide bonds. The molecule has 0 bridgehead atoms. The van der Waals surface area contributed by atoms with Crippen molar-refractivity contribution in [3.8, 4) is 0 Å². The molecular weight excluding hydrogens is 246 g/mol. The number of nitrogens with zero attached hydrogens (tertiary/aromatic N) is 2. The highest BCUT2D eigenvalue weighted by molar-refractivity contribution is 5.08. The first-order valence-corrected chi connectivity index (χ1v) is 8.14. The number of hydrogen-bond donors (Lipinski definition) is 1. The molecule has 2 rings (SSSR count). The van der Waals surface area contributed by atoms with E-state index >= 15 is 0 Å². The van der Waals surface area contributed by atoms with Crippen LogP contribution in [0.25, 0.3) is 0 Å². The summed E-state index contributed by atoms with van der Waals surface area (Å²) in [6, 6.07) is 2.60. The van der Waals surface area contributed by atoms with Gasteiger partial charge in [0.2, 0.25) is 0 Å².